The van der Waals surface area contributed by atoms with Crippen molar-refractivity contribution in [2.75, 3.05) is 13.6 Å². The molecule has 0 bridgehead atoms. The van der Waals surface area contributed by atoms with Gasteiger partial charge in [-0.05, 0) is 31.2 Å². The van der Waals surface area contributed by atoms with Crippen LogP contribution in [0, 0.1) is 5.92 Å². The van der Waals surface area contributed by atoms with Crippen molar-refractivity contribution in [2.24, 2.45) is 5.92 Å². The lowest BCUT2D eigenvalue weighted by atomic mass is 9.85. The molecule has 1 aliphatic rings. The summed E-state index contributed by atoms with van der Waals surface area (Å²) < 4.78 is 0. The summed E-state index contributed by atoms with van der Waals surface area (Å²) in [7, 11) is 1.88. The number of benzene rings is 1. The van der Waals surface area contributed by atoms with Crippen LogP contribution in [0.2, 0.25) is 0 Å². The van der Waals surface area contributed by atoms with Gasteiger partial charge in [0.25, 0.3) is 0 Å². The van der Waals surface area contributed by atoms with Crippen molar-refractivity contribution >= 4 is 6.03 Å². The predicted molar refractivity (Wildman–Crippen MR) is 73.4 cm³/mol. The first-order valence-corrected chi connectivity index (χ1v) is 6.73. The van der Waals surface area contributed by atoms with E-state index in [-0.39, 0.29) is 12.1 Å². The molecular formula is C15H22N2O. The van der Waals surface area contributed by atoms with Gasteiger partial charge in [-0.3, -0.25) is 0 Å². The number of carbonyl (C=O) groups excluding carboxylic acids is 1. The van der Waals surface area contributed by atoms with E-state index < -0.39 is 0 Å². The summed E-state index contributed by atoms with van der Waals surface area (Å²) in [5.74, 6) is 0.716. The summed E-state index contributed by atoms with van der Waals surface area (Å²) in [6.07, 6.45) is 3.86. The van der Waals surface area contributed by atoms with Crippen LogP contribution in [-0.2, 0) is 0 Å². The number of hydrogen-bond donors (Lipinski definition) is 1. The molecule has 1 saturated carbocycles. The fourth-order valence-electron chi connectivity index (χ4n) is 2.27. The fourth-order valence-corrected chi connectivity index (χ4v) is 2.27. The normalized spacial score (nSPS) is 16.8. The Labute approximate surface area is 109 Å². The molecule has 0 aromatic heterocycles. The minimum atomic E-state index is 0.0262. The Bertz CT molecular complexity index is 387. The van der Waals surface area contributed by atoms with E-state index in [9.17, 15) is 4.79 Å². The quantitative estimate of drug-likeness (QED) is 0.869. The van der Waals surface area contributed by atoms with Crippen LogP contribution in [0.5, 0.6) is 0 Å². The minimum absolute atomic E-state index is 0.0262. The van der Waals surface area contributed by atoms with Gasteiger partial charge in [0.15, 0.2) is 0 Å². The van der Waals surface area contributed by atoms with E-state index in [1.807, 2.05) is 49.2 Å². The number of carbonyl (C=O) groups is 1. The molecule has 0 radical (unpaired) electrons. The SMILES string of the molecule is CC(NC(=O)N(C)CC1CCC1)c1ccccc1. The topological polar surface area (TPSA) is 32.3 Å². The standard InChI is InChI=1S/C15H22N2O/c1-12(14-9-4-3-5-10-14)16-15(18)17(2)11-13-7-6-8-13/h3-5,9-10,12-13H,6-8,11H2,1-2H3,(H,16,18). The van der Waals surface area contributed by atoms with Gasteiger partial charge in [0.2, 0.25) is 0 Å². The molecule has 1 aromatic rings. The predicted octanol–water partition coefficient (Wildman–Crippen LogP) is 3.19. The van der Waals surface area contributed by atoms with E-state index in [2.05, 4.69) is 5.32 Å². The second-order valence-corrected chi connectivity index (χ2v) is 5.26. The van der Waals surface area contributed by atoms with E-state index >= 15 is 0 Å². The average Bonchev–Trinajstić information content (AvgIpc) is 2.34. The molecule has 3 nitrogen and oxygen atoms in total. The van der Waals surface area contributed by atoms with E-state index in [0.29, 0.717) is 5.92 Å². The maximum atomic E-state index is 12.0. The highest BCUT2D eigenvalue weighted by atomic mass is 16.2. The largest absolute Gasteiger partial charge is 0.331 e. The first kappa shape index (κ1) is 12.9. The maximum Gasteiger partial charge on any atom is 0.317 e. The van der Waals surface area contributed by atoms with Crippen molar-refractivity contribution < 1.29 is 4.79 Å². The molecule has 1 aromatic carbocycles. The zero-order valence-electron chi connectivity index (χ0n) is 11.2. The lowest BCUT2D eigenvalue weighted by molar-refractivity contribution is 0.180. The fraction of sp³-hybridized carbons (Fsp3) is 0.533. The summed E-state index contributed by atoms with van der Waals surface area (Å²) >= 11 is 0. The summed E-state index contributed by atoms with van der Waals surface area (Å²) in [6, 6.07) is 10.1. The third kappa shape index (κ3) is 3.25. The number of hydrogen-bond acceptors (Lipinski definition) is 1. The van der Waals surface area contributed by atoms with Crippen molar-refractivity contribution in [3.05, 3.63) is 35.9 Å². The molecule has 1 fully saturated rings. The van der Waals surface area contributed by atoms with E-state index in [1.54, 1.807) is 0 Å². The van der Waals surface area contributed by atoms with Crippen LogP contribution in [0.15, 0.2) is 30.3 Å². The smallest absolute Gasteiger partial charge is 0.317 e. The molecule has 1 aliphatic carbocycles. The second kappa shape index (κ2) is 5.89. The monoisotopic (exact) mass is 246 g/mol. The Hall–Kier alpha value is -1.51. The molecule has 3 heteroatoms. The van der Waals surface area contributed by atoms with Gasteiger partial charge in [-0.15, -0.1) is 0 Å². The molecule has 18 heavy (non-hydrogen) atoms. The molecule has 0 saturated heterocycles. The van der Waals surface area contributed by atoms with E-state index in [0.717, 1.165) is 12.1 Å². The second-order valence-electron chi connectivity index (χ2n) is 5.26. The summed E-state index contributed by atoms with van der Waals surface area (Å²) in [6.45, 7) is 2.90. The van der Waals surface area contributed by atoms with Crippen LogP contribution >= 0.6 is 0 Å². The van der Waals surface area contributed by atoms with Crippen LogP contribution in [0.4, 0.5) is 4.79 Å². The number of nitrogens with one attached hydrogen (secondary N) is 1. The highest BCUT2D eigenvalue weighted by Crippen LogP contribution is 2.26. The van der Waals surface area contributed by atoms with Gasteiger partial charge in [-0.1, -0.05) is 36.8 Å². The first-order chi connectivity index (χ1) is 8.66. The highest BCUT2D eigenvalue weighted by Gasteiger charge is 2.22. The maximum absolute atomic E-state index is 12.0. The molecule has 1 N–H and O–H groups in total. The number of nitrogens with zero attached hydrogens (tertiary/aromatic N) is 1. The number of urea groups is 1. The Morgan fingerprint density at radius 3 is 2.61 bits per heavy atom. The number of amides is 2. The molecular weight excluding hydrogens is 224 g/mol. The zero-order chi connectivity index (χ0) is 13.0. The van der Waals surface area contributed by atoms with E-state index in [1.165, 1.54) is 19.3 Å². The van der Waals surface area contributed by atoms with Crippen LogP contribution < -0.4 is 5.32 Å². The van der Waals surface area contributed by atoms with Gasteiger partial charge in [-0.2, -0.15) is 0 Å². The molecule has 2 amide bonds. The molecule has 1 unspecified atom stereocenters. The van der Waals surface area contributed by atoms with Gasteiger partial charge in [0, 0.05) is 13.6 Å². The molecule has 0 heterocycles. The van der Waals surface area contributed by atoms with Gasteiger partial charge < -0.3 is 10.2 Å². The molecule has 0 spiro atoms. The molecule has 1 atom stereocenters. The third-order valence-electron chi connectivity index (χ3n) is 3.74. The lowest BCUT2D eigenvalue weighted by Crippen LogP contribution is -2.42. The average molecular weight is 246 g/mol. The Morgan fingerprint density at radius 1 is 1.39 bits per heavy atom. The van der Waals surface area contributed by atoms with Crippen LogP contribution in [-0.4, -0.2) is 24.5 Å². The Balaban J connectivity index is 1.82. The van der Waals surface area contributed by atoms with Crippen LogP contribution in [0.1, 0.15) is 37.8 Å². The molecule has 98 valence electrons. The van der Waals surface area contributed by atoms with Crippen molar-refractivity contribution in [1.82, 2.24) is 10.2 Å². The van der Waals surface area contributed by atoms with Gasteiger partial charge >= 0.3 is 6.03 Å². The van der Waals surface area contributed by atoms with Crippen molar-refractivity contribution in [3.63, 3.8) is 0 Å². The van der Waals surface area contributed by atoms with Crippen LogP contribution in [0.25, 0.3) is 0 Å². The first-order valence-electron chi connectivity index (χ1n) is 6.73. The van der Waals surface area contributed by atoms with Gasteiger partial charge in [0.05, 0.1) is 6.04 Å². The van der Waals surface area contributed by atoms with Crippen molar-refractivity contribution in [1.29, 1.82) is 0 Å². The zero-order valence-corrected chi connectivity index (χ0v) is 11.2. The minimum Gasteiger partial charge on any atom is -0.331 e. The van der Waals surface area contributed by atoms with Gasteiger partial charge in [-0.25, -0.2) is 4.79 Å². The van der Waals surface area contributed by atoms with E-state index in [4.69, 9.17) is 0 Å². The summed E-state index contributed by atoms with van der Waals surface area (Å²) in [4.78, 5) is 13.8. The highest BCUT2D eigenvalue weighted by molar-refractivity contribution is 5.74. The Kier molecular flexibility index (Phi) is 4.24. The summed E-state index contributed by atoms with van der Waals surface area (Å²) in [5.41, 5.74) is 1.14. The third-order valence-corrected chi connectivity index (χ3v) is 3.74. The number of rotatable bonds is 4. The summed E-state index contributed by atoms with van der Waals surface area (Å²) in [5, 5.41) is 3.04. The Morgan fingerprint density at radius 2 is 2.06 bits per heavy atom. The molecule has 2 rings (SSSR count). The van der Waals surface area contributed by atoms with Crippen LogP contribution in [0.3, 0.4) is 0 Å². The lowest BCUT2D eigenvalue weighted by Gasteiger charge is -2.30. The molecule has 0 aliphatic heterocycles. The van der Waals surface area contributed by atoms with Crippen molar-refractivity contribution in [3.8, 4) is 0 Å². The van der Waals surface area contributed by atoms with Gasteiger partial charge in [0.1, 0.15) is 0 Å². The van der Waals surface area contributed by atoms with Crippen molar-refractivity contribution in [2.45, 2.75) is 32.2 Å².